The summed E-state index contributed by atoms with van der Waals surface area (Å²) in [6.45, 7) is 2.04. The highest BCUT2D eigenvalue weighted by Crippen LogP contribution is 2.33. The van der Waals surface area contributed by atoms with Crippen LogP contribution in [-0.2, 0) is 0 Å². The van der Waals surface area contributed by atoms with Gasteiger partial charge < -0.3 is 0 Å². The van der Waals surface area contributed by atoms with Crippen LogP contribution in [0, 0.1) is 6.92 Å². The van der Waals surface area contributed by atoms with Crippen molar-refractivity contribution in [3.8, 4) is 10.4 Å². The van der Waals surface area contributed by atoms with Gasteiger partial charge in [-0.15, -0.1) is 11.3 Å². The van der Waals surface area contributed by atoms with Gasteiger partial charge in [-0.25, -0.2) is 0 Å². The van der Waals surface area contributed by atoms with Gasteiger partial charge >= 0.3 is 0 Å². The number of hydrogen-bond acceptors (Lipinski definition) is 1. The highest BCUT2D eigenvalue weighted by Gasteiger charge is 2.03. The number of hydrogen-bond donors (Lipinski definition) is 0. The Labute approximate surface area is 86.8 Å². The summed E-state index contributed by atoms with van der Waals surface area (Å²) in [4.78, 5) is 2.42. The van der Waals surface area contributed by atoms with E-state index >= 15 is 0 Å². The van der Waals surface area contributed by atoms with E-state index in [4.69, 9.17) is 11.6 Å². The van der Waals surface area contributed by atoms with Gasteiger partial charge in [0.25, 0.3) is 0 Å². The molecule has 0 spiro atoms. The summed E-state index contributed by atoms with van der Waals surface area (Å²) >= 11 is 7.73. The lowest BCUT2D eigenvalue weighted by Crippen LogP contribution is -1.67. The first kappa shape index (κ1) is 8.79. The highest BCUT2D eigenvalue weighted by molar-refractivity contribution is 7.16. The Morgan fingerprint density at radius 2 is 1.85 bits per heavy atom. The number of rotatable bonds is 1. The van der Waals surface area contributed by atoms with Crippen molar-refractivity contribution in [1.29, 1.82) is 0 Å². The molecule has 0 N–H and O–H groups in total. The molecule has 1 aromatic carbocycles. The zero-order valence-electron chi connectivity index (χ0n) is 7.25. The zero-order chi connectivity index (χ0) is 9.26. The third-order valence-electron chi connectivity index (χ3n) is 1.92. The summed E-state index contributed by atoms with van der Waals surface area (Å²) in [6, 6.07) is 12.3. The number of benzene rings is 1. The average molecular weight is 209 g/mol. The van der Waals surface area contributed by atoms with Gasteiger partial charge in [-0.05, 0) is 18.6 Å². The molecule has 0 aliphatic heterocycles. The molecule has 0 radical (unpaired) electrons. The minimum Gasteiger partial charge on any atom is -0.139 e. The molecule has 0 fully saturated rings. The molecule has 66 valence electrons. The van der Waals surface area contributed by atoms with Crippen LogP contribution in [-0.4, -0.2) is 0 Å². The quantitative estimate of drug-likeness (QED) is 0.653. The molecule has 1 heterocycles. The molecule has 0 aliphatic carbocycles. The first-order valence-electron chi connectivity index (χ1n) is 4.09. The van der Waals surface area contributed by atoms with Crippen molar-refractivity contribution in [2.45, 2.75) is 6.92 Å². The van der Waals surface area contributed by atoms with E-state index in [9.17, 15) is 0 Å². The van der Waals surface area contributed by atoms with Gasteiger partial charge in [-0.2, -0.15) is 0 Å². The van der Waals surface area contributed by atoms with E-state index in [1.54, 1.807) is 11.3 Å². The van der Waals surface area contributed by atoms with Crippen molar-refractivity contribution in [1.82, 2.24) is 0 Å². The summed E-state index contributed by atoms with van der Waals surface area (Å²) in [5.41, 5.74) is 1.24. The first-order chi connectivity index (χ1) is 6.27. The third kappa shape index (κ3) is 1.77. The maximum atomic E-state index is 5.99. The second-order valence-electron chi connectivity index (χ2n) is 2.88. The van der Waals surface area contributed by atoms with Crippen LogP contribution in [0.2, 0.25) is 5.02 Å². The van der Waals surface area contributed by atoms with Gasteiger partial charge in [-0.3, -0.25) is 0 Å². The van der Waals surface area contributed by atoms with Gasteiger partial charge in [0, 0.05) is 9.75 Å². The molecule has 0 saturated heterocycles. The van der Waals surface area contributed by atoms with Gasteiger partial charge in [0.05, 0.1) is 5.02 Å². The molecule has 1 aromatic heterocycles. The monoisotopic (exact) mass is 208 g/mol. The minimum absolute atomic E-state index is 0.865. The van der Waals surface area contributed by atoms with E-state index in [0.29, 0.717) is 0 Å². The third-order valence-corrected chi connectivity index (χ3v) is 3.52. The van der Waals surface area contributed by atoms with Crippen LogP contribution in [0.1, 0.15) is 4.88 Å². The van der Waals surface area contributed by atoms with Crippen LogP contribution in [0.5, 0.6) is 0 Å². The van der Waals surface area contributed by atoms with Crippen LogP contribution in [0.4, 0.5) is 0 Å². The van der Waals surface area contributed by atoms with E-state index in [-0.39, 0.29) is 0 Å². The van der Waals surface area contributed by atoms with Crippen molar-refractivity contribution in [2.24, 2.45) is 0 Å². The van der Waals surface area contributed by atoms with Gasteiger partial charge in [0.15, 0.2) is 0 Å². The normalized spacial score (nSPS) is 10.3. The van der Waals surface area contributed by atoms with E-state index in [1.807, 2.05) is 31.2 Å². The predicted octanol–water partition coefficient (Wildman–Crippen LogP) is 4.38. The Morgan fingerprint density at radius 3 is 2.38 bits per heavy atom. The van der Waals surface area contributed by atoms with Crippen LogP contribution in [0.3, 0.4) is 0 Å². The number of aryl methyl sites for hydroxylation is 1. The Kier molecular flexibility index (Phi) is 2.38. The fourth-order valence-electron chi connectivity index (χ4n) is 1.20. The molecule has 13 heavy (non-hydrogen) atoms. The fourth-order valence-corrected chi connectivity index (χ4v) is 2.41. The summed E-state index contributed by atoms with van der Waals surface area (Å²) in [6.07, 6.45) is 0. The average Bonchev–Trinajstić information content (AvgIpc) is 2.49. The summed E-state index contributed by atoms with van der Waals surface area (Å²) in [5.74, 6) is 0. The van der Waals surface area contributed by atoms with Gasteiger partial charge in [0.1, 0.15) is 0 Å². The Bertz CT molecular complexity index is 384. The predicted molar refractivity (Wildman–Crippen MR) is 59.5 cm³/mol. The van der Waals surface area contributed by atoms with Crippen molar-refractivity contribution in [2.75, 3.05) is 0 Å². The maximum Gasteiger partial charge on any atom is 0.0548 e. The van der Waals surface area contributed by atoms with Crippen molar-refractivity contribution < 1.29 is 0 Å². The van der Waals surface area contributed by atoms with Crippen LogP contribution >= 0.6 is 22.9 Å². The molecule has 2 rings (SSSR count). The lowest BCUT2D eigenvalue weighted by atomic mass is 10.2. The van der Waals surface area contributed by atoms with Crippen molar-refractivity contribution >= 4 is 22.9 Å². The molecule has 0 bridgehead atoms. The molecular formula is C11H9ClS. The van der Waals surface area contributed by atoms with E-state index in [1.165, 1.54) is 15.3 Å². The molecular weight excluding hydrogens is 200 g/mol. The second kappa shape index (κ2) is 3.52. The molecule has 0 amide bonds. The lowest BCUT2D eigenvalue weighted by molar-refractivity contribution is 1.64. The van der Waals surface area contributed by atoms with Crippen LogP contribution in [0.15, 0.2) is 36.4 Å². The van der Waals surface area contributed by atoms with Gasteiger partial charge in [-0.1, -0.05) is 41.9 Å². The molecule has 2 aromatic rings. The van der Waals surface area contributed by atoms with Crippen LogP contribution < -0.4 is 0 Å². The minimum atomic E-state index is 0.865. The fraction of sp³-hybridized carbons (Fsp3) is 0.0909. The molecule has 0 saturated carbocycles. The Morgan fingerprint density at radius 1 is 1.15 bits per heavy atom. The topological polar surface area (TPSA) is 0 Å². The molecule has 0 aliphatic rings. The highest BCUT2D eigenvalue weighted by atomic mass is 35.5. The van der Waals surface area contributed by atoms with E-state index in [2.05, 4.69) is 12.1 Å². The largest absolute Gasteiger partial charge is 0.139 e. The van der Waals surface area contributed by atoms with E-state index < -0.39 is 0 Å². The van der Waals surface area contributed by atoms with Gasteiger partial charge in [0.2, 0.25) is 0 Å². The van der Waals surface area contributed by atoms with Crippen molar-refractivity contribution in [3.05, 3.63) is 46.3 Å². The van der Waals surface area contributed by atoms with Crippen LogP contribution in [0.25, 0.3) is 10.4 Å². The number of thiophene rings is 1. The summed E-state index contributed by atoms with van der Waals surface area (Å²) in [5, 5.41) is 0.865. The Balaban J connectivity index is 2.48. The lowest BCUT2D eigenvalue weighted by Gasteiger charge is -1.93. The summed E-state index contributed by atoms with van der Waals surface area (Å²) in [7, 11) is 0. The Hall–Kier alpha value is -0.790. The maximum absolute atomic E-state index is 5.99. The number of halogens is 1. The molecule has 2 heteroatoms. The molecule has 0 atom stereocenters. The van der Waals surface area contributed by atoms with Crippen molar-refractivity contribution in [3.63, 3.8) is 0 Å². The molecule has 0 nitrogen and oxygen atoms in total. The zero-order valence-corrected chi connectivity index (χ0v) is 8.82. The smallest absolute Gasteiger partial charge is 0.0548 e. The second-order valence-corrected chi connectivity index (χ2v) is 4.54. The first-order valence-corrected chi connectivity index (χ1v) is 5.28. The standard InChI is InChI=1S/C11H9ClS/c1-8-10(12)7-11(13-8)9-5-3-2-4-6-9/h2-7H,1H3. The van der Waals surface area contributed by atoms with E-state index in [0.717, 1.165) is 5.02 Å². The SMILES string of the molecule is Cc1sc(-c2ccccc2)cc1Cl. The molecule has 0 unspecified atom stereocenters. The summed E-state index contributed by atoms with van der Waals surface area (Å²) < 4.78 is 0.